The molecule has 0 unspecified atom stereocenters. The van der Waals surface area contributed by atoms with Crippen LogP contribution in [-0.2, 0) is 0 Å². The topological polar surface area (TPSA) is 12.4 Å². The average Bonchev–Trinajstić information content (AvgIpc) is 3.03. The van der Waals surface area contributed by atoms with Crippen molar-refractivity contribution in [2.24, 2.45) is 4.99 Å². The number of benzene rings is 2. The molecular weight excluding hydrogens is 309 g/mol. The van der Waals surface area contributed by atoms with Gasteiger partial charge >= 0.3 is 0 Å². The molecule has 2 heteroatoms. The zero-order chi connectivity index (χ0) is 17.0. The van der Waals surface area contributed by atoms with Crippen LogP contribution < -0.4 is 10.6 Å². The minimum absolute atomic E-state index is 0.0387. The molecule has 0 saturated heterocycles. The van der Waals surface area contributed by atoms with Crippen molar-refractivity contribution < 1.29 is 0 Å². The van der Waals surface area contributed by atoms with Gasteiger partial charge in [0.2, 0.25) is 0 Å². The van der Waals surface area contributed by atoms with Gasteiger partial charge in [0, 0.05) is 6.21 Å². The highest BCUT2D eigenvalue weighted by Crippen LogP contribution is 2.47. The van der Waals surface area contributed by atoms with Crippen LogP contribution in [0.1, 0.15) is 27.2 Å². The third-order valence-corrected chi connectivity index (χ3v) is 6.37. The van der Waals surface area contributed by atoms with Crippen molar-refractivity contribution in [2.75, 3.05) is 0 Å². The second kappa shape index (κ2) is 7.28. The van der Waals surface area contributed by atoms with E-state index < -0.39 is 7.92 Å². The zero-order valence-electron chi connectivity index (χ0n) is 14.6. The highest BCUT2D eigenvalue weighted by Gasteiger charge is 2.22. The number of hydrogen-bond donors (Lipinski definition) is 0. The van der Waals surface area contributed by atoms with Crippen LogP contribution >= 0.6 is 7.92 Å². The molecule has 2 aromatic rings. The fourth-order valence-electron chi connectivity index (χ4n) is 2.70. The van der Waals surface area contributed by atoms with Crippen molar-refractivity contribution in [1.29, 1.82) is 0 Å². The first-order valence-corrected chi connectivity index (χ1v) is 9.74. The summed E-state index contributed by atoms with van der Waals surface area (Å²) in [5.41, 5.74) is 1.31. The maximum Gasteiger partial charge on any atom is 0.0524 e. The summed E-state index contributed by atoms with van der Waals surface area (Å²) in [5.74, 6) is 0. The molecule has 1 aliphatic rings. The Kier molecular flexibility index (Phi) is 5.11. The van der Waals surface area contributed by atoms with E-state index in [9.17, 15) is 0 Å². The Morgan fingerprint density at radius 1 is 0.875 bits per heavy atom. The largest absolute Gasteiger partial charge is 0.287 e. The smallest absolute Gasteiger partial charge is 0.0524 e. The summed E-state index contributed by atoms with van der Waals surface area (Å²) < 4.78 is 0. The van der Waals surface area contributed by atoms with E-state index in [2.05, 4.69) is 99.8 Å². The first-order valence-electron chi connectivity index (χ1n) is 8.40. The van der Waals surface area contributed by atoms with Gasteiger partial charge in [-0.05, 0) is 56.6 Å². The predicted molar refractivity (Wildman–Crippen MR) is 108 cm³/mol. The van der Waals surface area contributed by atoms with Crippen molar-refractivity contribution >= 4 is 24.7 Å². The Labute approximate surface area is 146 Å². The van der Waals surface area contributed by atoms with Crippen LogP contribution in [0.3, 0.4) is 0 Å². The maximum atomic E-state index is 4.75. The van der Waals surface area contributed by atoms with Gasteiger partial charge < -0.3 is 0 Å². The highest BCUT2D eigenvalue weighted by atomic mass is 31.1. The normalized spacial score (nSPS) is 15.0. The van der Waals surface area contributed by atoms with E-state index in [1.165, 1.54) is 21.5 Å². The maximum absolute atomic E-state index is 4.75. The van der Waals surface area contributed by atoms with Crippen molar-refractivity contribution in [3.8, 4) is 0 Å². The lowest BCUT2D eigenvalue weighted by Crippen LogP contribution is -2.13. The van der Waals surface area contributed by atoms with Crippen LogP contribution in [0.5, 0.6) is 0 Å². The van der Waals surface area contributed by atoms with Crippen LogP contribution in [0.25, 0.3) is 0 Å². The van der Waals surface area contributed by atoms with Gasteiger partial charge in [0.1, 0.15) is 0 Å². The molecule has 1 aliphatic carbocycles. The molecule has 0 radical (unpaired) electrons. The van der Waals surface area contributed by atoms with Gasteiger partial charge in [-0.2, -0.15) is 0 Å². The molecule has 24 heavy (non-hydrogen) atoms. The average molecular weight is 333 g/mol. The number of nitrogens with zero attached hydrogens (tertiary/aromatic N) is 1. The Bertz CT molecular complexity index is 725. The summed E-state index contributed by atoms with van der Waals surface area (Å²) in [6, 6.07) is 21.7. The minimum atomic E-state index is -0.537. The van der Waals surface area contributed by atoms with Gasteiger partial charge in [-0.15, -0.1) is 0 Å². The Balaban J connectivity index is 2.08. The molecule has 0 spiro atoms. The summed E-state index contributed by atoms with van der Waals surface area (Å²) in [4.78, 5) is 4.75. The molecular formula is C22H24NP. The second-order valence-electron chi connectivity index (χ2n) is 6.95. The van der Waals surface area contributed by atoms with Gasteiger partial charge in [-0.1, -0.05) is 72.8 Å². The molecule has 0 bridgehead atoms. The fourth-order valence-corrected chi connectivity index (χ4v) is 5.18. The molecule has 0 atom stereocenters. The highest BCUT2D eigenvalue weighted by molar-refractivity contribution is 7.77. The van der Waals surface area contributed by atoms with E-state index in [1.54, 1.807) is 0 Å². The van der Waals surface area contributed by atoms with E-state index in [4.69, 9.17) is 4.99 Å². The summed E-state index contributed by atoms with van der Waals surface area (Å²) in [7, 11) is -0.537. The van der Waals surface area contributed by atoms with Gasteiger partial charge in [-0.3, -0.25) is 4.99 Å². The predicted octanol–water partition coefficient (Wildman–Crippen LogP) is 5.20. The van der Waals surface area contributed by atoms with Gasteiger partial charge in [0.15, 0.2) is 0 Å². The zero-order valence-corrected chi connectivity index (χ0v) is 15.5. The van der Waals surface area contributed by atoms with Crippen LogP contribution in [-0.4, -0.2) is 11.8 Å². The third kappa shape index (κ3) is 4.10. The standard InChI is InChI=1S/C22H24NP/c1-22(2,3)23-17-18-11-10-16-21(18)24(19-12-6-4-7-13-19)20-14-8-5-9-15-20/h4-10,12-17H,11H2,1-3H3. The van der Waals surface area contributed by atoms with E-state index >= 15 is 0 Å². The lowest BCUT2D eigenvalue weighted by molar-refractivity contribution is 0.586. The molecule has 0 heterocycles. The SMILES string of the molecule is CC(C)(C)N=CC1=C(P(c2ccccc2)c2ccccc2)C=CC1. The van der Waals surface area contributed by atoms with Crippen molar-refractivity contribution in [2.45, 2.75) is 32.7 Å². The number of allylic oxidation sites excluding steroid dienone is 4. The molecule has 0 fully saturated rings. The van der Waals surface area contributed by atoms with Crippen molar-refractivity contribution in [1.82, 2.24) is 0 Å². The van der Waals surface area contributed by atoms with Crippen LogP contribution in [0.15, 0.2) is 88.7 Å². The van der Waals surface area contributed by atoms with Crippen LogP contribution in [0.2, 0.25) is 0 Å². The molecule has 0 saturated carbocycles. The van der Waals surface area contributed by atoms with Gasteiger partial charge in [-0.25, -0.2) is 0 Å². The Hall–Kier alpha value is -1.98. The minimum Gasteiger partial charge on any atom is -0.287 e. The first kappa shape index (κ1) is 16.9. The first-order chi connectivity index (χ1) is 11.5. The van der Waals surface area contributed by atoms with Gasteiger partial charge in [0.05, 0.1) is 5.54 Å². The lowest BCUT2D eigenvalue weighted by atomic mass is 10.1. The summed E-state index contributed by atoms with van der Waals surface area (Å²) in [6.07, 6.45) is 7.64. The molecule has 0 aromatic heterocycles. The fraction of sp³-hybridized carbons (Fsp3) is 0.227. The van der Waals surface area contributed by atoms with Gasteiger partial charge in [0.25, 0.3) is 0 Å². The monoisotopic (exact) mass is 333 g/mol. The molecule has 2 aromatic carbocycles. The quantitative estimate of drug-likeness (QED) is 0.538. The summed E-state index contributed by atoms with van der Waals surface area (Å²) in [6.45, 7) is 6.43. The second-order valence-corrected chi connectivity index (χ2v) is 9.14. The Morgan fingerprint density at radius 2 is 1.42 bits per heavy atom. The van der Waals surface area contributed by atoms with Crippen LogP contribution in [0.4, 0.5) is 0 Å². The molecule has 3 rings (SSSR count). The van der Waals surface area contributed by atoms with Crippen molar-refractivity contribution in [3.63, 3.8) is 0 Å². The summed E-state index contributed by atoms with van der Waals surface area (Å²) >= 11 is 0. The molecule has 0 N–H and O–H groups in total. The number of aliphatic imine (C=N–C) groups is 1. The molecule has 0 amide bonds. The van der Waals surface area contributed by atoms with E-state index in [0.717, 1.165) is 6.42 Å². The van der Waals surface area contributed by atoms with E-state index in [1.807, 2.05) is 0 Å². The van der Waals surface area contributed by atoms with E-state index in [0.29, 0.717) is 0 Å². The molecule has 1 nitrogen and oxygen atoms in total. The molecule has 0 aliphatic heterocycles. The molecule has 122 valence electrons. The number of rotatable bonds is 4. The lowest BCUT2D eigenvalue weighted by Gasteiger charge is -2.21. The number of hydrogen-bond acceptors (Lipinski definition) is 1. The van der Waals surface area contributed by atoms with E-state index in [-0.39, 0.29) is 5.54 Å². The summed E-state index contributed by atoms with van der Waals surface area (Å²) in [5, 5.41) is 4.21. The third-order valence-electron chi connectivity index (χ3n) is 3.82. The van der Waals surface area contributed by atoms with Crippen LogP contribution in [0, 0.1) is 0 Å². The Morgan fingerprint density at radius 3 is 1.92 bits per heavy atom. The van der Waals surface area contributed by atoms with Crippen molar-refractivity contribution in [3.05, 3.63) is 83.7 Å².